The van der Waals surface area contributed by atoms with Gasteiger partial charge in [-0.25, -0.2) is 0 Å². The first-order chi connectivity index (χ1) is 30.0. The summed E-state index contributed by atoms with van der Waals surface area (Å²) in [6.07, 6.45) is 3.77. The maximum absolute atomic E-state index is 6.67. The molecule has 4 heterocycles. The fourth-order valence-corrected chi connectivity index (χ4v) is 11.0. The van der Waals surface area contributed by atoms with E-state index in [4.69, 9.17) is 14.7 Å². The smallest absolute Gasteiger partial charge is 0 e. The van der Waals surface area contributed by atoms with Gasteiger partial charge in [-0.1, -0.05) is 81.4 Å². The standard InChI is InChI=1S/C55H46N5OTe.Pt/c1-54(2,3)39-28-30-56-51(33-39)60-46-23-13-14-25-49(46)62-50-27-26-43(35-48(50)60)61-42-22-15-21-41(34-42)58-36-59(47-24-16-29-57-53(47)58)52-44(37-17-9-7-10-18-37)31-40(55(4,5)6)32-45(52)38-19-11-8-12-20-38;/h7-33,36H,1-6H3;/q-3;. The van der Waals surface area contributed by atoms with Crippen LogP contribution < -0.4 is 26.7 Å². The number of aromatic nitrogens is 2. The van der Waals surface area contributed by atoms with Gasteiger partial charge < -0.3 is 0 Å². The van der Waals surface area contributed by atoms with Crippen LogP contribution in [0.5, 0.6) is 11.5 Å². The molecule has 0 unspecified atom stereocenters. The Labute approximate surface area is 396 Å². The monoisotopic (exact) mass is 1120 g/mol. The third-order valence-electron chi connectivity index (χ3n) is 11.4. The quantitative estimate of drug-likeness (QED) is 0.117. The molecule has 2 aliphatic rings. The van der Waals surface area contributed by atoms with Gasteiger partial charge in [0.2, 0.25) is 0 Å². The molecule has 0 atom stereocenters. The van der Waals surface area contributed by atoms with Crippen molar-refractivity contribution >= 4 is 68.2 Å². The molecular weight excluding hydrogens is 1070 g/mol. The molecule has 6 nitrogen and oxygen atoms in total. The minimum atomic E-state index is -0.664. The number of nitrogens with zero attached hydrogens (tertiary/aromatic N) is 5. The van der Waals surface area contributed by atoms with Gasteiger partial charge in [-0.15, -0.1) is 0 Å². The number of pyridine rings is 2. The Morgan fingerprint density at radius 2 is 1.21 bits per heavy atom. The number of anilines is 7. The number of benzene rings is 6. The molecule has 2 aliphatic heterocycles. The van der Waals surface area contributed by atoms with Gasteiger partial charge in [0.1, 0.15) is 0 Å². The largest absolute Gasteiger partial charge is 0 e. The van der Waals surface area contributed by atoms with Crippen molar-refractivity contribution in [3.63, 3.8) is 0 Å². The van der Waals surface area contributed by atoms with Crippen LogP contribution in [0.2, 0.25) is 0 Å². The summed E-state index contributed by atoms with van der Waals surface area (Å²) in [4.78, 5) is 16.5. The summed E-state index contributed by atoms with van der Waals surface area (Å²) in [7, 11) is 0. The zero-order chi connectivity index (χ0) is 42.6. The van der Waals surface area contributed by atoms with Crippen LogP contribution >= 0.6 is 0 Å². The van der Waals surface area contributed by atoms with E-state index >= 15 is 0 Å². The van der Waals surface area contributed by atoms with Crippen molar-refractivity contribution in [1.82, 2.24) is 9.97 Å². The number of fused-ring (bicyclic) bond motifs is 3. The maximum Gasteiger partial charge on any atom is 0 e. The maximum atomic E-state index is 6.67. The van der Waals surface area contributed by atoms with E-state index < -0.39 is 20.9 Å². The van der Waals surface area contributed by atoms with E-state index in [-0.39, 0.29) is 31.9 Å². The van der Waals surface area contributed by atoms with Crippen molar-refractivity contribution in [2.75, 3.05) is 14.7 Å². The third-order valence-corrected chi connectivity index (χ3v) is 14.5. The topological polar surface area (TPSA) is 44.7 Å². The van der Waals surface area contributed by atoms with Crippen LogP contribution in [0, 0.1) is 18.8 Å². The van der Waals surface area contributed by atoms with Gasteiger partial charge in [-0.2, -0.15) is 0 Å². The second-order valence-corrected chi connectivity index (χ2v) is 20.8. The Kier molecular flexibility index (Phi) is 11.6. The summed E-state index contributed by atoms with van der Waals surface area (Å²) in [5.74, 6) is 2.88. The molecule has 63 heavy (non-hydrogen) atoms. The molecule has 0 fully saturated rings. The van der Waals surface area contributed by atoms with Gasteiger partial charge in [0.15, 0.2) is 0 Å². The average Bonchev–Trinajstić information content (AvgIpc) is 3.67. The van der Waals surface area contributed by atoms with Gasteiger partial charge in [0.05, 0.1) is 0 Å². The minimum Gasteiger partial charge on any atom is 0 e. The molecule has 8 aromatic rings. The molecule has 8 heteroatoms. The van der Waals surface area contributed by atoms with Gasteiger partial charge in [-0.05, 0) is 40.3 Å². The molecule has 0 saturated heterocycles. The second-order valence-electron chi connectivity index (χ2n) is 17.7. The van der Waals surface area contributed by atoms with E-state index in [2.05, 4.69) is 202 Å². The SMILES string of the molecule is CC(C)(C)c1ccnc(N2c3[c-]c(Oc4[c-]c(N5[CH-]N(c6c(-c7ccccc7)cc(C(C)(C)C)cc6-c6ccccc6)c6cccnc65)ccc4)ccc3[Te]c3ccccc32)c1.[Pt]. The van der Waals surface area contributed by atoms with Crippen LogP contribution in [-0.2, 0) is 31.9 Å². The molecule has 0 radical (unpaired) electrons. The first kappa shape index (κ1) is 42.6. The Morgan fingerprint density at radius 3 is 1.90 bits per heavy atom. The minimum absolute atomic E-state index is 0. The van der Waals surface area contributed by atoms with Crippen molar-refractivity contribution in [3.05, 3.63) is 194 Å². The fourth-order valence-electron chi connectivity index (χ4n) is 8.08. The van der Waals surface area contributed by atoms with Crippen molar-refractivity contribution in [1.29, 1.82) is 0 Å². The van der Waals surface area contributed by atoms with Crippen LogP contribution in [0.3, 0.4) is 0 Å². The summed E-state index contributed by atoms with van der Waals surface area (Å²) >= 11 is -0.664. The van der Waals surface area contributed by atoms with Gasteiger partial charge in [0, 0.05) is 32.2 Å². The van der Waals surface area contributed by atoms with Crippen LogP contribution in [0.25, 0.3) is 22.3 Å². The second kappa shape index (κ2) is 17.1. The molecular formula is C55H46N5OPtTe-3. The normalized spacial score (nSPS) is 13.2. The molecule has 0 bridgehead atoms. The molecule has 316 valence electrons. The number of para-hydroxylation sites is 1. The fraction of sp³-hybridized carbons (Fsp3) is 0.145. The van der Waals surface area contributed by atoms with Crippen LogP contribution in [-0.4, -0.2) is 30.9 Å². The van der Waals surface area contributed by atoms with E-state index in [1.165, 1.54) is 18.3 Å². The van der Waals surface area contributed by atoms with Gasteiger partial charge in [0.25, 0.3) is 0 Å². The summed E-state index contributed by atoms with van der Waals surface area (Å²) in [6, 6.07) is 60.8. The van der Waals surface area contributed by atoms with Crippen molar-refractivity contribution in [3.8, 4) is 33.8 Å². The van der Waals surface area contributed by atoms with Crippen molar-refractivity contribution in [2.24, 2.45) is 0 Å². The molecule has 10 rings (SSSR count). The van der Waals surface area contributed by atoms with Gasteiger partial charge >= 0.3 is 245 Å². The predicted molar refractivity (Wildman–Crippen MR) is 256 cm³/mol. The summed E-state index contributed by atoms with van der Waals surface area (Å²) in [5, 5.41) is 0. The van der Waals surface area contributed by atoms with E-state index in [1.54, 1.807) is 0 Å². The molecule has 2 aromatic heterocycles. The average molecular weight is 1120 g/mol. The van der Waals surface area contributed by atoms with E-state index in [1.807, 2.05) is 36.7 Å². The number of rotatable bonds is 7. The Balaban J connectivity index is 0.00000504. The molecule has 0 aliphatic carbocycles. The van der Waals surface area contributed by atoms with Crippen molar-refractivity contribution in [2.45, 2.75) is 52.4 Å². The van der Waals surface area contributed by atoms with Gasteiger partial charge in [-0.3, -0.25) is 0 Å². The first-order valence-corrected chi connectivity index (χ1v) is 23.3. The summed E-state index contributed by atoms with van der Waals surface area (Å²) in [5.41, 5.74) is 12.0. The molecule has 0 spiro atoms. The Hall–Kier alpha value is -5.70. The third kappa shape index (κ3) is 8.31. The Bertz CT molecular complexity index is 2880. The van der Waals surface area contributed by atoms with E-state index in [0.29, 0.717) is 11.5 Å². The van der Waals surface area contributed by atoms with E-state index in [9.17, 15) is 0 Å². The molecule has 0 amide bonds. The zero-order valence-electron chi connectivity index (χ0n) is 36.0. The van der Waals surface area contributed by atoms with Crippen LogP contribution in [0.1, 0.15) is 52.7 Å². The molecule has 6 aromatic carbocycles. The number of ether oxygens (including phenoxy) is 1. The predicted octanol–water partition coefficient (Wildman–Crippen LogP) is 12.6. The first-order valence-electron chi connectivity index (χ1n) is 21.0. The van der Waals surface area contributed by atoms with Crippen LogP contribution in [0.4, 0.5) is 40.1 Å². The van der Waals surface area contributed by atoms with Crippen molar-refractivity contribution < 1.29 is 25.8 Å². The summed E-state index contributed by atoms with van der Waals surface area (Å²) < 4.78 is 9.34. The van der Waals surface area contributed by atoms with E-state index in [0.717, 1.165) is 62.3 Å². The number of hydrogen-bond donors (Lipinski definition) is 0. The zero-order valence-corrected chi connectivity index (χ0v) is 40.6. The molecule has 0 saturated carbocycles. The Morgan fingerprint density at radius 1 is 0.556 bits per heavy atom. The molecule has 0 N–H and O–H groups in total. The number of hydrogen-bond acceptors (Lipinski definition) is 6. The summed E-state index contributed by atoms with van der Waals surface area (Å²) in [6.45, 7) is 15.7. The van der Waals surface area contributed by atoms with Crippen LogP contribution in [0.15, 0.2) is 164 Å².